The number of benzene rings is 3. The normalized spacial score (nSPS) is 13.9. The number of fused-ring (bicyclic) bond motifs is 1. The van der Waals surface area contributed by atoms with Crippen LogP contribution in [0, 0.1) is 5.82 Å². The van der Waals surface area contributed by atoms with Crippen LogP contribution in [-0.4, -0.2) is 34.5 Å². The van der Waals surface area contributed by atoms with Gasteiger partial charge in [0.15, 0.2) is 10.9 Å². The largest absolute Gasteiger partial charge is 0.481 e. The van der Waals surface area contributed by atoms with E-state index >= 15 is 0 Å². The number of aliphatic carboxylic acids is 1. The van der Waals surface area contributed by atoms with Crippen LogP contribution in [0.2, 0.25) is 0 Å². The Kier molecular flexibility index (Phi) is 9.66. The molecule has 0 atom stereocenters. The third-order valence-electron chi connectivity index (χ3n) is 7.70. The molecule has 4 aromatic rings. The van der Waals surface area contributed by atoms with Crippen molar-refractivity contribution >= 4 is 50.3 Å². The van der Waals surface area contributed by atoms with Crippen molar-refractivity contribution in [3.8, 4) is 0 Å². The van der Waals surface area contributed by atoms with Gasteiger partial charge in [0.2, 0.25) is 0 Å². The molecule has 0 bridgehead atoms. The molecule has 5 rings (SSSR count). The average Bonchev–Trinajstić information content (AvgIpc) is 3.43. The second kappa shape index (κ2) is 13.6. The molecular formula is C32H30F4N4O4S. The molecule has 0 radical (unpaired) electrons. The lowest BCUT2D eigenvalue weighted by Gasteiger charge is -2.25. The lowest BCUT2D eigenvalue weighted by molar-refractivity contribution is -0.138. The van der Waals surface area contributed by atoms with E-state index in [4.69, 9.17) is 5.11 Å². The Morgan fingerprint density at radius 3 is 2.31 bits per heavy atom. The molecule has 3 amide bonds. The number of carbonyl (C=O) groups excluding carboxylic acids is 2. The molecule has 0 unspecified atom stereocenters. The first-order valence-corrected chi connectivity index (χ1v) is 15.2. The highest BCUT2D eigenvalue weighted by molar-refractivity contribution is 7.22. The molecule has 45 heavy (non-hydrogen) atoms. The number of hydrogen-bond acceptors (Lipinski definition) is 5. The van der Waals surface area contributed by atoms with E-state index in [-0.39, 0.29) is 34.9 Å². The van der Waals surface area contributed by atoms with Crippen LogP contribution in [0.1, 0.15) is 71.5 Å². The molecule has 8 nitrogen and oxygen atoms in total. The van der Waals surface area contributed by atoms with Gasteiger partial charge in [0, 0.05) is 17.8 Å². The lowest BCUT2D eigenvalue weighted by Crippen LogP contribution is -2.34. The molecule has 1 saturated carbocycles. The van der Waals surface area contributed by atoms with Gasteiger partial charge in [0.05, 0.1) is 23.2 Å². The van der Waals surface area contributed by atoms with E-state index in [1.165, 1.54) is 29.7 Å². The third kappa shape index (κ3) is 7.96. The second-order valence-corrected chi connectivity index (χ2v) is 11.9. The van der Waals surface area contributed by atoms with Crippen LogP contribution in [-0.2, 0) is 17.5 Å². The fourth-order valence-corrected chi connectivity index (χ4v) is 6.25. The SMILES string of the molecule is O=C(O)CCNC(=O)c1ccc(CN(C(=O)Nc2nc3c(F)cc(C(F)(F)F)cc3s2)c2ccc(C3CCCCC3)cc2)cc1. The van der Waals surface area contributed by atoms with Gasteiger partial charge in [0.1, 0.15) is 5.52 Å². The fourth-order valence-electron chi connectivity index (χ4n) is 5.34. The van der Waals surface area contributed by atoms with Crippen molar-refractivity contribution in [1.29, 1.82) is 0 Å². The first kappa shape index (κ1) is 31.9. The Labute approximate surface area is 260 Å². The zero-order chi connectivity index (χ0) is 32.1. The molecule has 1 fully saturated rings. The number of nitrogens with zero attached hydrogens (tertiary/aromatic N) is 2. The number of carbonyl (C=O) groups is 3. The molecule has 1 heterocycles. The minimum atomic E-state index is -4.74. The van der Waals surface area contributed by atoms with Crippen LogP contribution in [0.3, 0.4) is 0 Å². The number of thiazole rings is 1. The summed E-state index contributed by atoms with van der Waals surface area (Å²) in [7, 11) is 0. The van der Waals surface area contributed by atoms with E-state index in [1.54, 1.807) is 24.3 Å². The number of halogens is 4. The van der Waals surface area contributed by atoms with Gasteiger partial charge in [-0.15, -0.1) is 0 Å². The number of carboxylic acid groups (broad SMARTS) is 1. The van der Waals surface area contributed by atoms with Gasteiger partial charge in [-0.2, -0.15) is 13.2 Å². The average molecular weight is 643 g/mol. The van der Waals surface area contributed by atoms with Gasteiger partial charge in [0.25, 0.3) is 5.91 Å². The van der Waals surface area contributed by atoms with Crippen LogP contribution in [0.5, 0.6) is 0 Å². The minimum absolute atomic E-state index is 0.0199. The number of nitrogens with one attached hydrogen (secondary N) is 2. The number of alkyl halides is 3. The van der Waals surface area contributed by atoms with Crippen molar-refractivity contribution in [1.82, 2.24) is 10.3 Å². The standard InChI is InChI=1S/C32H30F4N4O4S/c33-25-16-23(32(34,35)36)17-26-28(25)38-30(45-26)39-31(44)40(24-12-10-21(11-13-24)20-4-2-1-3-5-20)18-19-6-8-22(9-7-19)29(43)37-15-14-27(41)42/h6-13,16-17,20H,1-5,14-15,18H2,(H,37,43)(H,41,42)(H,38,39,44). The van der Waals surface area contributed by atoms with Crippen LogP contribution >= 0.6 is 11.3 Å². The number of anilines is 2. The maximum absolute atomic E-state index is 14.5. The van der Waals surface area contributed by atoms with Gasteiger partial charge in [-0.05, 0) is 66.3 Å². The van der Waals surface area contributed by atoms with E-state index in [0.29, 0.717) is 28.8 Å². The number of carboxylic acids is 1. The Bertz CT molecular complexity index is 1680. The molecule has 13 heteroatoms. The lowest BCUT2D eigenvalue weighted by atomic mass is 9.84. The van der Waals surface area contributed by atoms with Crippen molar-refractivity contribution in [2.24, 2.45) is 0 Å². The third-order valence-corrected chi connectivity index (χ3v) is 8.62. The predicted octanol–water partition coefficient (Wildman–Crippen LogP) is 7.95. The summed E-state index contributed by atoms with van der Waals surface area (Å²) in [6.07, 6.45) is 0.811. The molecule has 0 saturated heterocycles. The number of aromatic nitrogens is 1. The van der Waals surface area contributed by atoms with Crippen molar-refractivity contribution < 1.29 is 37.1 Å². The summed E-state index contributed by atoms with van der Waals surface area (Å²) < 4.78 is 54.1. The Balaban J connectivity index is 1.38. The van der Waals surface area contributed by atoms with E-state index in [0.717, 1.165) is 30.2 Å². The zero-order valence-electron chi connectivity index (χ0n) is 24.0. The van der Waals surface area contributed by atoms with E-state index < -0.39 is 35.5 Å². The van der Waals surface area contributed by atoms with Crippen molar-refractivity contribution in [3.63, 3.8) is 0 Å². The summed E-state index contributed by atoms with van der Waals surface area (Å²) in [5.41, 5.74) is 1.28. The van der Waals surface area contributed by atoms with Gasteiger partial charge in [-0.1, -0.05) is 54.9 Å². The molecule has 1 aromatic heterocycles. The van der Waals surface area contributed by atoms with Gasteiger partial charge >= 0.3 is 18.2 Å². The summed E-state index contributed by atoms with van der Waals surface area (Å²) in [5, 5.41) is 13.8. The topological polar surface area (TPSA) is 112 Å². The smallest absolute Gasteiger partial charge is 0.416 e. The summed E-state index contributed by atoms with van der Waals surface area (Å²) in [6.45, 7) is 0.0426. The summed E-state index contributed by atoms with van der Waals surface area (Å²) >= 11 is 0.733. The molecule has 0 spiro atoms. The molecule has 236 valence electrons. The second-order valence-electron chi connectivity index (χ2n) is 10.9. The van der Waals surface area contributed by atoms with E-state index in [9.17, 15) is 31.9 Å². The predicted molar refractivity (Wildman–Crippen MR) is 163 cm³/mol. The highest BCUT2D eigenvalue weighted by Crippen LogP contribution is 2.37. The number of rotatable bonds is 9. The molecule has 1 aliphatic rings. The van der Waals surface area contributed by atoms with Gasteiger partial charge in [-0.3, -0.25) is 19.8 Å². The molecule has 0 aliphatic heterocycles. The van der Waals surface area contributed by atoms with Crippen LogP contribution in [0.4, 0.5) is 33.2 Å². The zero-order valence-corrected chi connectivity index (χ0v) is 24.8. The first-order chi connectivity index (χ1) is 21.5. The Hall–Kier alpha value is -4.52. The summed E-state index contributed by atoms with van der Waals surface area (Å²) in [5.74, 6) is -2.16. The number of urea groups is 1. The number of hydrogen-bond donors (Lipinski definition) is 3. The quantitative estimate of drug-likeness (QED) is 0.161. The highest BCUT2D eigenvalue weighted by atomic mass is 32.1. The molecule has 1 aliphatic carbocycles. The van der Waals surface area contributed by atoms with Crippen molar-refractivity contribution in [2.75, 3.05) is 16.8 Å². The fraction of sp³-hybridized carbons (Fsp3) is 0.312. The van der Waals surface area contributed by atoms with Crippen LogP contribution < -0.4 is 15.5 Å². The van der Waals surface area contributed by atoms with Crippen LogP contribution in [0.15, 0.2) is 60.7 Å². The Morgan fingerprint density at radius 2 is 1.67 bits per heavy atom. The van der Waals surface area contributed by atoms with Crippen LogP contribution in [0.25, 0.3) is 10.2 Å². The monoisotopic (exact) mass is 642 g/mol. The summed E-state index contributed by atoms with van der Waals surface area (Å²) in [6, 6.07) is 14.6. The Morgan fingerprint density at radius 1 is 0.978 bits per heavy atom. The van der Waals surface area contributed by atoms with E-state index in [2.05, 4.69) is 15.6 Å². The number of amides is 3. The molecular weight excluding hydrogens is 612 g/mol. The first-order valence-electron chi connectivity index (χ1n) is 14.4. The maximum atomic E-state index is 14.5. The van der Waals surface area contributed by atoms with Crippen molar-refractivity contribution in [2.45, 2.75) is 57.2 Å². The molecule has 3 N–H and O–H groups in total. The van der Waals surface area contributed by atoms with Gasteiger partial charge < -0.3 is 10.4 Å². The maximum Gasteiger partial charge on any atom is 0.416 e. The van der Waals surface area contributed by atoms with Gasteiger partial charge in [-0.25, -0.2) is 14.2 Å². The summed E-state index contributed by atoms with van der Waals surface area (Å²) in [4.78, 5) is 42.2. The van der Waals surface area contributed by atoms with E-state index in [1.807, 2.05) is 24.3 Å². The highest BCUT2D eigenvalue weighted by Gasteiger charge is 2.32. The minimum Gasteiger partial charge on any atom is -0.481 e. The molecule has 3 aromatic carbocycles. The van der Waals surface area contributed by atoms with Crippen molar-refractivity contribution in [3.05, 3.63) is 88.7 Å².